The first-order chi connectivity index (χ1) is 7.52. The molecule has 0 saturated heterocycles. The minimum Gasteiger partial charge on any atom is -0.302 e. The van der Waals surface area contributed by atoms with Crippen molar-refractivity contribution in [3.05, 3.63) is 11.1 Å². The molecule has 1 aromatic rings. The number of nitrogens with zero attached hydrogens (tertiary/aromatic N) is 3. The first-order valence-electron chi connectivity index (χ1n) is 6.11. The van der Waals surface area contributed by atoms with E-state index in [-0.39, 0.29) is 0 Å². The van der Waals surface area contributed by atoms with Gasteiger partial charge >= 0.3 is 0 Å². The molecule has 0 unspecified atom stereocenters. The van der Waals surface area contributed by atoms with Gasteiger partial charge in [-0.25, -0.2) is 0 Å². The Bertz CT molecular complexity index is 318. The summed E-state index contributed by atoms with van der Waals surface area (Å²) in [6, 6.07) is 0. The van der Waals surface area contributed by atoms with Crippen molar-refractivity contribution in [1.29, 1.82) is 0 Å². The van der Waals surface area contributed by atoms with Crippen molar-refractivity contribution in [3.8, 4) is 0 Å². The Morgan fingerprint density at radius 1 is 1.12 bits per heavy atom. The molecule has 0 N–H and O–H groups in total. The van der Waals surface area contributed by atoms with Crippen molar-refractivity contribution in [2.24, 2.45) is 5.92 Å². The molecule has 0 saturated carbocycles. The molecule has 16 heavy (non-hydrogen) atoms. The number of halogens is 1. The van der Waals surface area contributed by atoms with Crippen molar-refractivity contribution < 1.29 is 0 Å². The molecule has 0 aliphatic carbocycles. The molecule has 0 spiro atoms. The normalized spacial score (nSPS) is 11.7. The number of hydrogen-bond donors (Lipinski definition) is 0. The van der Waals surface area contributed by atoms with Crippen LogP contribution in [0.15, 0.2) is 0 Å². The summed E-state index contributed by atoms with van der Waals surface area (Å²) in [5, 5.41) is 8.56. The van der Waals surface area contributed by atoms with Crippen LogP contribution in [0.25, 0.3) is 0 Å². The van der Waals surface area contributed by atoms with Crippen LogP contribution in [0.1, 0.15) is 58.7 Å². The van der Waals surface area contributed by atoms with E-state index >= 15 is 0 Å². The third kappa shape index (κ3) is 3.78. The number of unbranched alkanes of at least 4 members (excludes halogenated alkanes) is 1. The minimum absolute atomic E-state index is 0.380. The van der Waals surface area contributed by atoms with Gasteiger partial charge in [0.15, 0.2) is 0 Å². The Balaban J connectivity index is 2.49. The van der Waals surface area contributed by atoms with Crippen LogP contribution in [-0.2, 0) is 6.54 Å². The topological polar surface area (TPSA) is 30.7 Å². The summed E-state index contributed by atoms with van der Waals surface area (Å²) in [6.45, 7) is 9.68. The van der Waals surface area contributed by atoms with Crippen LogP contribution >= 0.6 is 11.6 Å². The molecule has 1 aromatic heterocycles. The maximum Gasteiger partial charge on any atom is 0.225 e. The van der Waals surface area contributed by atoms with Crippen LogP contribution in [0.5, 0.6) is 0 Å². The maximum atomic E-state index is 6.02. The summed E-state index contributed by atoms with van der Waals surface area (Å²) >= 11 is 6.02. The number of rotatable bonds is 6. The summed E-state index contributed by atoms with van der Waals surface area (Å²) in [5.41, 5.74) is 0. The van der Waals surface area contributed by atoms with Crippen LogP contribution in [0, 0.1) is 5.92 Å². The molecule has 0 atom stereocenters. The molecular formula is C12H22ClN3. The first kappa shape index (κ1) is 13.5. The lowest BCUT2D eigenvalue weighted by molar-refractivity contribution is 0.499. The average Bonchev–Trinajstić information content (AvgIpc) is 2.54. The molecule has 3 nitrogen and oxygen atoms in total. The Labute approximate surface area is 103 Å². The van der Waals surface area contributed by atoms with Gasteiger partial charge in [0.1, 0.15) is 5.82 Å². The smallest absolute Gasteiger partial charge is 0.225 e. The molecule has 1 rings (SSSR count). The summed E-state index contributed by atoms with van der Waals surface area (Å²) in [4.78, 5) is 0. The monoisotopic (exact) mass is 243 g/mol. The van der Waals surface area contributed by atoms with Gasteiger partial charge in [0, 0.05) is 12.5 Å². The average molecular weight is 244 g/mol. The van der Waals surface area contributed by atoms with E-state index in [4.69, 9.17) is 11.6 Å². The van der Waals surface area contributed by atoms with Crippen molar-refractivity contribution in [3.63, 3.8) is 0 Å². The highest BCUT2D eigenvalue weighted by atomic mass is 35.5. The Hall–Kier alpha value is -0.570. The van der Waals surface area contributed by atoms with E-state index in [0.29, 0.717) is 11.2 Å². The third-order valence-corrected chi connectivity index (χ3v) is 2.94. The molecule has 0 aromatic carbocycles. The molecule has 0 bridgehead atoms. The van der Waals surface area contributed by atoms with E-state index in [2.05, 4.69) is 37.9 Å². The molecule has 92 valence electrons. The van der Waals surface area contributed by atoms with Crippen LogP contribution in [0.4, 0.5) is 0 Å². The van der Waals surface area contributed by atoms with Crippen LogP contribution in [-0.4, -0.2) is 14.8 Å². The SMILES string of the molecule is CC(C)CCCCn1c(Cl)nnc1C(C)C. The van der Waals surface area contributed by atoms with Gasteiger partial charge in [0.2, 0.25) is 5.28 Å². The van der Waals surface area contributed by atoms with Crippen LogP contribution in [0.2, 0.25) is 5.28 Å². The lowest BCUT2D eigenvalue weighted by Crippen LogP contribution is -2.06. The summed E-state index contributed by atoms with van der Waals surface area (Å²) in [7, 11) is 0. The van der Waals surface area contributed by atoms with E-state index in [1.165, 1.54) is 12.8 Å². The van der Waals surface area contributed by atoms with Crippen molar-refractivity contribution in [1.82, 2.24) is 14.8 Å². The lowest BCUT2D eigenvalue weighted by atomic mass is 10.1. The van der Waals surface area contributed by atoms with Gasteiger partial charge in [-0.05, 0) is 23.9 Å². The lowest BCUT2D eigenvalue weighted by Gasteiger charge is -2.10. The van der Waals surface area contributed by atoms with Crippen molar-refractivity contribution in [2.45, 2.75) is 59.4 Å². The first-order valence-corrected chi connectivity index (χ1v) is 6.48. The van der Waals surface area contributed by atoms with Crippen molar-refractivity contribution in [2.75, 3.05) is 0 Å². The Morgan fingerprint density at radius 2 is 1.81 bits per heavy atom. The summed E-state index contributed by atoms with van der Waals surface area (Å²) < 4.78 is 2.03. The predicted molar refractivity (Wildman–Crippen MR) is 67.8 cm³/mol. The second kappa shape index (κ2) is 6.24. The quantitative estimate of drug-likeness (QED) is 0.710. The zero-order chi connectivity index (χ0) is 12.1. The van der Waals surface area contributed by atoms with Crippen LogP contribution < -0.4 is 0 Å². The third-order valence-electron chi connectivity index (χ3n) is 2.66. The molecule has 0 aliphatic rings. The van der Waals surface area contributed by atoms with Gasteiger partial charge in [-0.3, -0.25) is 0 Å². The van der Waals surface area contributed by atoms with E-state index in [0.717, 1.165) is 24.7 Å². The number of aromatic nitrogens is 3. The van der Waals surface area contributed by atoms with E-state index in [9.17, 15) is 0 Å². The molecule has 1 heterocycles. The second-order valence-corrected chi connectivity index (χ2v) is 5.36. The highest BCUT2D eigenvalue weighted by Crippen LogP contribution is 2.18. The maximum absolute atomic E-state index is 6.02. The standard InChI is InChI=1S/C12H22ClN3/c1-9(2)7-5-6-8-16-11(10(3)4)14-15-12(16)13/h9-10H,5-8H2,1-4H3. The van der Waals surface area contributed by atoms with Gasteiger partial charge in [-0.2, -0.15) is 0 Å². The fourth-order valence-electron chi connectivity index (χ4n) is 1.75. The molecular weight excluding hydrogens is 222 g/mol. The highest BCUT2D eigenvalue weighted by Gasteiger charge is 2.12. The fraction of sp³-hybridized carbons (Fsp3) is 0.833. The Kier molecular flexibility index (Phi) is 5.26. The minimum atomic E-state index is 0.380. The summed E-state index contributed by atoms with van der Waals surface area (Å²) in [5.74, 6) is 2.15. The Morgan fingerprint density at radius 3 is 2.38 bits per heavy atom. The molecule has 0 amide bonds. The molecule has 0 fully saturated rings. The molecule has 4 heteroatoms. The largest absolute Gasteiger partial charge is 0.302 e. The fourth-order valence-corrected chi connectivity index (χ4v) is 1.96. The van der Waals surface area contributed by atoms with E-state index < -0.39 is 0 Å². The number of hydrogen-bond acceptors (Lipinski definition) is 2. The molecule has 0 aliphatic heterocycles. The highest BCUT2D eigenvalue weighted by molar-refractivity contribution is 6.28. The van der Waals surface area contributed by atoms with E-state index in [1.807, 2.05) is 4.57 Å². The zero-order valence-electron chi connectivity index (χ0n) is 10.7. The zero-order valence-corrected chi connectivity index (χ0v) is 11.5. The van der Waals surface area contributed by atoms with Gasteiger partial charge in [0.25, 0.3) is 0 Å². The van der Waals surface area contributed by atoms with Gasteiger partial charge in [-0.15, -0.1) is 10.2 Å². The van der Waals surface area contributed by atoms with Crippen molar-refractivity contribution >= 4 is 11.6 Å². The second-order valence-electron chi connectivity index (χ2n) is 5.02. The van der Waals surface area contributed by atoms with Crippen LogP contribution in [0.3, 0.4) is 0 Å². The van der Waals surface area contributed by atoms with E-state index in [1.54, 1.807) is 0 Å². The predicted octanol–water partition coefficient (Wildman–Crippen LogP) is 3.88. The van der Waals surface area contributed by atoms with Gasteiger partial charge in [0.05, 0.1) is 0 Å². The summed E-state index contributed by atoms with van der Waals surface area (Å²) in [6.07, 6.45) is 3.66. The molecule has 0 radical (unpaired) electrons. The van der Waals surface area contributed by atoms with Gasteiger partial charge < -0.3 is 4.57 Å². The van der Waals surface area contributed by atoms with Gasteiger partial charge in [-0.1, -0.05) is 40.5 Å².